The van der Waals surface area contributed by atoms with Gasteiger partial charge in [-0.2, -0.15) is 0 Å². The van der Waals surface area contributed by atoms with Gasteiger partial charge in [0.15, 0.2) is 0 Å². The summed E-state index contributed by atoms with van der Waals surface area (Å²) in [5, 5.41) is 0. The molecule has 4 aromatic rings. The molecule has 4 rings (SSSR count). The normalized spacial score (nSPS) is 11.3. The Morgan fingerprint density at radius 1 is 0.973 bits per heavy atom. The number of hydrogen-bond acceptors (Lipinski definition) is 6. The summed E-state index contributed by atoms with van der Waals surface area (Å²) in [5.41, 5.74) is 12.8. The van der Waals surface area contributed by atoms with Crippen LogP contribution in [-0.2, 0) is 22.8 Å². The van der Waals surface area contributed by atoms with Gasteiger partial charge in [-0.3, -0.25) is 15.1 Å². The monoisotopic (exact) mass is 497 g/mol. The third-order valence-corrected chi connectivity index (χ3v) is 5.69. The number of nitrogens with one attached hydrogen (secondary N) is 1. The lowest BCUT2D eigenvalue weighted by Gasteiger charge is -2.12. The number of carbonyl (C=O) groups excluding carboxylic acids is 1. The minimum absolute atomic E-state index is 0.292. The summed E-state index contributed by atoms with van der Waals surface area (Å²) < 4.78 is 11.7. The zero-order valence-corrected chi connectivity index (χ0v) is 20.9. The van der Waals surface area contributed by atoms with Crippen LogP contribution in [0.5, 0.6) is 5.75 Å². The van der Waals surface area contributed by atoms with E-state index in [9.17, 15) is 4.79 Å². The predicted molar refractivity (Wildman–Crippen MR) is 143 cm³/mol. The van der Waals surface area contributed by atoms with Crippen molar-refractivity contribution in [2.75, 3.05) is 0 Å². The van der Waals surface area contributed by atoms with Crippen LogP contribution >= 0.6 is 0 Å². The second kappa shape index (κ2) is 13.1. The van der Waals surface area contributed by atoms with Crippen LogP contribution in [0.1, 0.15) is 41.8 Å². The highest BCUT2D eigenvalue weighted by atomic mass is 16.6. The average Bonchev–Trinajstić information content (AvgIpc) is 3.30. The van der Waals surface area contributed by atoms with Crippen LogP contribution in [0.15, 0.2) is 95.4 Å². The summed E-state index contributed by atoms with van der Waals surface area (Å²) in [7, 11) is 0. The van der Waals surface area contributed by atoms with E-state index < -0.39 is 0 Å². The number of amides is 1. The molecule has 0 fully saturated rings. The fourth-order valence-corrected chi connectivity index (χ4v) is 3.66. The van der Waals surface area contributed by atoms with Crippen molar-refractivity contribution in [3.63, 3.8) is 0 Å². The van der Waals surface area contributed by atoms with E-state index in [4.69, 9.17) is 19.7 Å². The van der Waals surface area contributed by atoms with Gasteiger partial charge in [-0.25, -0.2) is 4.98 Å². The Labute approximate surface area is 216 Å². The number of benzene rings is 3. The molecular weight excluding hydrogens is 466 g/mol. The molecule has 0 saturated carbocycles. The van der Waals surface area contributed by atoms with Gasteiger partial charge in [0.05, 0.1) is 12.3 Å². The summed E-state index contributed by atoms with van der Waals surface area (Å²) >= 11 is 0. The first-order valence-corrected chi connectivity index (χ1v) is 12.2. The van der Waals surface area contributed by atoms with E-state index in [1.54, 1.807) is 0 Å². The van der Waals surface area contributed by atoms with Crippen LogP contribution in [0.25, 0.3) is 17.2 Å². The fourth-order valence-electron chi connectivity index (χ4n) is 3.66. The zero-order valence-electron chi connectivity index (χ0n) is 20.9. The number of ether oxygens (including phenoxy) is 1. The lowest BCUT2D eigenvalue weighted by atomic mass is 10.1. The van der Waals surface area contributed by atoms with Crippen molar-refractivity contribution in [3.8, 4) is 17.2 Å². The van der Waals surface area contributed by atoms with Gasteiger partial charge in [-0.05, 0) is 55.2 Å². The van der Waals surface area contributed by atoms with Gasteiger partial charge in [0.1, 0.15) is 23.8 Å². The molecule has 190 valence electrons. The molecule has 3 N–H and O–H groups in total. The molecule has 7 nitrogen and oxygen atoms in total. The van der Waals surface area contributed by atoms with Crippen LogP contribution in [0.4, 0.5) is 0 Å². The number of hydroxylamine groups is 1. The lowest BCUT2D eigenvalue weighted by molar-refractivity contribution is -0.118. The van der Waals surface area contributed by atoms with E-state index >= 15 is 0 Å². The molecule has 0 aliphatic rings. The number of allylic oxidation sites excluding steroid dienone is 1. The fraction of sp³-hybridized carbons (Fsp3) is 0.200. The second-order valence-electron chi connectivity index (χ2n) is 8.55. The van der Waals surface area contributed by atoms with Gasteiger partial charge in [-0.15, -0.1) is 0 Å². The smallest absolute Gasteiger partial charge is 0.226 e. The Hall–Kier alpha value is -4.36. The highest BCUT2D eigenvalue weighted by molar-refractivity contribution is 5.73. The lowest BCUT2D eigenvalue weighted by Crippen LogP contribution is -2.13. The van der Waals surface area contributed by atoms with E-state index in [1.807, 2.05) is 97.9 Å². The van der Waals surface area contributed by atoms with Crippen molar-refractivity contribution in [2.45, 2.75) is 39.4 Å². The Kier molecular flexibility index (Phi) is 9.10. The maximum Gasteiger partial charge on any atom is 0.226 e. The Balaban J connectivity index is 1.28. The highest BCUT2D eigenvalue weighted by Gasteiger charge is 2.12. The number of primary amides is 1. The molecule has 0 bridgehead atoms. The van der Waals surface area contributed by atoms with Crippen molar-refractivity contribution < 1.29 is 18.8 Å². The summed E-state index contributed by atoms with van der Waals surface area (Å²) in [6, 6.07) is 27.4. The van der Waals surface area contributed by atoms with E-state index in [0.29, 0.717) is 38.4 Å². The van der Waals surface area contributed by atoms with Crippen LogP contribution in [-0.4, -0.2) is 10.9 Å². The molecule has 37 heavy (non-hydrogen) atoms. The maximum atomic E-state index is 11.0. The summed E-state index contributed by atoms with van der Waals surface area (Å²) in [6.07, 6.45) is 3.78. The maximum absolute atomic E-state index is 11.0. The molecule has 0 radical (unpaired) electrons. The molecule has 1 heterocycles. The summed E-state index contributed by atoms with van der Waals surface area (Å²) in [6.45, 7) is 2.58. The number of hydrogen-bond donors (Lipinski definition) is 2. The molecule has 0 aliphatic heterocycles. The van der Waals surface area contributed by atoms with Crippen LogP contribution in [0, 0.1) is 6.92 Å². The number of oxazole rings is 1. The van der Waals surface area contributed by atoms with E-state index in [-0.39, 0.29) is 5.91 Å². The number of unbranched alkanes of at least 4 members (excludes halogenated alkanes) is 1. The molecule has 0 spiro atoms. The van der Waals surface area contributed by atoms with E-state index in [2.05, 4.69) is 10.5 Å². The number of nitrogens with two attached hydrogens (primary N) is 1. The minimum Gasteiger partial charge on any atom is -0.487 e. The highest BCUT2D eigenvalue weighted by Crippen LogP contribution is 2.23. The van der Waals surface area contributed by atoms with E-state index in [0.717, 1.165) is 39.6 Å². The first-order chi connectivity index (χ1) is 18.1. The van der Waals surface area contributed by atoms with Gasteiger partial charge in [0.25, 0.3) is 0 Å². The van der Waals surface area contributed by atoms with Gasteiger partial charge in [0.2, 0.25) is 11.8 Å². The van der Waals surface area contributed by atoms with Crippen molar-refractivity contribution in [2.24, 2.45) is 5.73 Å². The van der Waals surface area contributed by atoms with Crippen LogP contribution in [0.2, 0.25) is 0 Å². The predicted octanol–water partition coefficient (Wildman–Crippen LogP) is 5.95. The molecule has 0 aliphatic carbocycles. The van der Waals surface area contributed by atoms with Crippen molar-refractivity contribution in [1.82, 2.24) is 10.5 Å². The van der Waals surface area contributed by atoms with E-state index in [1.165, 1.54) is 0 Å². The Morgan fingerprint density at radius 3 is 2.38 bits per heavy atom. The quantitative estimate of drug-likeness (QED) is 0.175. The standard InChI is InChI=1S/C30H31N3O4/c1-22-28(32-30(37-22)25-12-6-3-7-13-25)21-35-26-18-16-23(17-19-26)20-36-33-27(14-8-9-15-29(31)34)24-10-4-2-5-11-24/h2-7,10-14,16-19,33H,8-9,15,20-21H2,1H3,(H2,31,34). The molecular formula is C30H31N3O4. The molecule has 0 saturated heterocycles. The molecule has 0 atom stereocenters. The van der Waals surface area contributed by atoms with Crippen molar-refractivity contribution in [1.29, 1.82) is 0 Å². The number of carbonyl (C=O) groups is 1. The topological polar surface area (TPSA) is 99.6 Å². The zero-order chi connectivity index (χ0) is 25.9. The molecule has 3 aromatic carbocycles. The molecule has 1 aromatic heterocycles. The van der Waals surface area contributed by atoms with Gasteiger partial charge >= 0.3 is 0 Å². The third-order valence-electron chi connectivity index (χ3n) is 5.69. The summed E-state index contributed by atoms with van der Waals surface area (Å²) in [5.74, 6) is 1.78. The van der Waals surface area contributed by atoms with Crippen molar-refractivity contribution in [3.05, 3.63) is 114 Å². The molecule has 0 unspecified atom stereocenters. The van der Waals surface area contributed by atoms with Crippen LogP contribution < -0.4 is 16.0 Å². The third kappa shape index (κ3) is 7.81. The minimum atomic E-state index is -0.292. The number of aryl methyl sites for hydroxylation is 1. The number of nitrogens with zero attached hydrogens (tertiary/aromatic N) is 1. The van der Waals surface area contributed by atoms with Crippen LogP contribution in [0.3, 0.4) is 0 Å². The Morgan fingerprint density at radius 2 is 1.68 bits per heavy atom. The summed E-state index contributed by atoms with van der Waals surface area (Å²) in [4.78, 5) is 21.3. The number of aromatic nitrogens is 1. The molecule has 1 amide bonds. The first kappa shape index (κ1) is 25.7. The van der Waals surface area contributed by atoms with Gasteiger partial charge in [0, 0.05) is 12.0 Å². The average molecular weight is 498 g/mol. The largest absolute Gasteiger partial charge is 0.487 e. The second-order valence-corrected chi connectivity index (χ2v) is 8.55. The Bertz CT molecular complexity index is 1300. The van der Waals surface area contributed by atoms with Gasteiger partial charge in [-0.1, -0.05) is 66.7 Å². The number of rotatable bonds is 13. The molecule has 7 heteroatoms. The van der Waals surface area contributed by atoms with Gasteiger partial charge < -0.3 is 14.9 Å². The SMILES string of the molecule is Cc1oc(-c2ccccc2)nc1COc1ccc(CONC(=CCCCC(N)=O)c2ccccc2)cc1. The van der Waals surface area contributed by atoms with Crippen molar-refractivity contribution >= 4 is 11.6 Å². The first-order valence-electron chi connectivity index (χ1n) is 12.2.